The molecule has 4 N–H and O–H groups in total. The first-order chi connectivity index (χ1) is 14.9. The molecule has 156 valence electrons. The topological polar surface area (TPSA) is 98.7 Å². The van der Waals surface area contributed by atoms with E-state index in [1.807, 2.05) is 60.7 Å². The first kappa shape index (κ1) is 20.3. The van der Waals surface area contributed by atoms with Gasteiger partial charge in [0.15, 0.2) is 0 Å². The molecule has 0 aromatic heterocycles. The molecule has 0 aliphatic heterocycles. The van der Waals surface area contributed by atoms with Crippen molar-refractivity contribution >= 4 is 32.6 Å². The summed E-state index contributed by atoms with van der Waals surface area (Å²) in [6.07, 6.45) is 0. The number of nitrogens with one attached hydrogen (secondary N) is 2. The van der Waals surface area contributed by atoms with Gasteiger partial charge in [0, 0.05) is 22.7 Å². The van der Waals surface area contributed by atoms with Crippen molar-refractivity contribution in [3.63, 3.8) is 0 Å². The summed E-state index contributed by atoms with van der Waals surface area (Å²) in [6, 6.07) is 27.0. The van der Waals surface area contributed by atoms with Gasteiger partial charge in [0.1, 0.15) is 21.3 Å². The molecule has 0 aliphatic carbocycles. The van der Waals surface area contributed by atoms with Gasteiger partial charge in [-0.25, -0.2) is 8.42 Å². The zero-order valence-electron chi connectivity index (χ0n) is 16.4. The van der Waals surface area contributed by atoms with Crippen LogP contribution in [0.4, 0.5) is 22.7 Å². The standard InChI is InChI=1S/C24H20N2O4S/c27-21-13-11-19(25-17-7-3-1-4-8-17)15-23(21)31(29,30)24-16-20(12-14-22(24)28)26-18-9-5-2-6-10-18/h1-16,25-28H. The Morgan fingerprint density at radius 1 is 0.516 bits per heavy atom. The fourth-order valence-corrected chi connectivity index (χ4v) is 4.60. The van der Waals surface area contributed by atoms with Crippen molar-refractivity contribution in [2.75, 3.05) is 10.6 Å². The maximum atomic E-state index is 13.3. The molecule has 0 aliphatic rings. The van der Waals surface area contributed by atoms with Crippen LogP contribution < -0.4 is 10.6 Å². The summed E-state index contributed by atoms with van der Waals surface area (Å²) in [5, 5.41) is 26.8. The minimum Gasteiger partial charge on any atom is -0.507 e. The third-order valence-electron chi connectivity index (χ3n) is 4.62. The Morgan fingerprint density at radius 3 is 1.29 bits per heavy atom. The van der Waals surface area contributed by atoms with Gasteiger partial charge in [-0.2, -0.15) is 0 Å². The Balaban J connectivity index is 1.71. The van der Waals surface area contributed by atoms with Crippen LogP contribution in [-0.4, -0.2) is 18.6 Å². The number of para-hydroxylation sites is 2. The van der Waals surface area contributed by atoms with Gasteiger partial charge in [0.05, 0.1) is 0 Å². The van der Waals surface area contributed by atoms with E-state index in [1.54, 1.807) is 12.1 Å². The molecule has 0 saturated heterocycles. The van der Waals surface area contributed by atoms with E-state index in [2.05, 4.69) is 10.6 Å². The van der Waals surface area contributed by atoms with Gasteiger partial charge >= 0.3 is 0 Å². The van der Waals surface area contributed by atoms with Gasteiger partial charge in [-0.05, 0) is 60.7 Å². The van der Waals surface area contributed by atoms with Crippen molar-refractivity contribution in [2.24, 2.45) is 0 Å². The summed E-state index contributed by atoms with van der Waals surface area (Å²) in [5.74, 6) is -0.807. The van der Waals surface area contributed by atoms with Crippen molar-refractivity contribution in [2.45, 2.75) is 9.79 Å². The van der Waals surface area contributed by atoms with Crippen molar-refractivity contribution in [1.82, 2.24) is 0 Å². The molecule has 0 fully saturated rings. The van der Waals surface area contributed by atoms with E-state index in [0.717, 1.165) is 11.4 Å². The Hall–Kier alpha value is -3.97. The van der Waals surface area contributed by atoms with Gasteiger partial charge < -0.3 is 20.8 Å². The highest BCUT2D eigenvalue weighted by molar-refractivity contribution is 7.91. The third kappa shape index (κ3) is 4.46. The van der Waals surface area contributed by atoms with Crippen LogP contribution in [0.5, 0.6) is 11.5 Å². The van der Waals surface area contributed by atoms with E-state index in [9.17, 15) is 18.6 Å². The van der Waals surface area contributed by atoms with Crippen molar-refractivity contribution in [3.8, 4) is 11.5 Å². The average molecular weight is 433 g/mol. The second-order valence-electron chi connectivity index (χ2n) is 6.85. The number of phenolic OH excluding ortho intramolecular Hbond substituents is 2. The smallest absolute Gasteiger partial charge is 0.214 e. The maximum Gasteiger partial charge on any atom is 0.214 e. The van der Waals surface area contributed by atoms with Gasteiger partial charge in [-0.3, -0.25) is 0 Å². The lowest BCUT2D eigenvalue weighted by molar-refractivity contribution is 0.453. The summed E-state index contributed by atoms with van der Waals surface area (Å²) >= 11 is 0. The second-order valence-corrected chi connectivity index (χ2v) is 8.74. The molecule has 4 aromatic carbocycles. The van der Waals surface area contributed by atoms with Gasteiger partial charge in [0.2, 0.25) is 9.84 Å². The van der Waals surface area contributed by atoms with E-state index < -0.39 is 21.3 Å². The number of hydrogen-bond acceptors (Lipinski definition) is 6. The number of sulfone groups is 1. The number of aromatic hydroxyl groups is 2. The van der Waals surface area contributed by atoms with Gasteiger partial charge in [-0.15, -0.1) is 0 Å². The number of anilines is 4. The van der Waals surface area contributed by atoms with Crippen molar-refractivity contribution < 1.29 is 18.6 Å². The van der Waals surface area contributed by atoms with Crippen LogP contribution in [0.15, 0.2) is 107 Å². The Morgan fingerprint density at radius 2 is 0.903 bits per heavy atom. The lowest BCUT2D eigenvalue weighted by Gasteiger charge is -2.13. The van der Waals surface area contributed by atoms with E-state index in [0.29, 0.717) is 11.4 Å². The number of benzene rings is 4. The second kappa shape index (κ2) is 8.41. The van der Waals surface area contributed by atoms with Crippen molar-refractivity contribution in [3.05, 3.63) is 97.1 Å². The molecule has 0 amide bonds. The number of hydrogen-bond donors (Lipinski definition) is 4. The summed E-state index contributed by atoms with van der Waals surface area (Å²) in [5.41, 5.74) is 2.52. The molecular formula is C24H20N2O4S. The van der Waals surface area contributed by atoms with E-state index >= 15 is 0 Å². The van der Waals surface area contributed by atoms with Gasteiger partial charge in [-0.1, -0.05) is 36.4 Å². The molecule has 7 heteroatoms. The van der Waals surface area contributed by atoms with Crippen LogP contribution in [0.25, 0.3) is 0 Å². The lowest BCUT2D eigenvalue weighted by Crippen LogP contribution is -2.05. The summed E-state index contributed by atoms with van der Waals surface area (Å²) in [7, 11) is -4.21. The number of phenols is 2. The van der Waals surface area contributed by atoms with Crippen LogP contribution in [0.1, 0.15) is 0 Å². The molecule has 0 bridgehead atoms. The third-order valence-corrected chi connectivity index (χ3v) is 6.44. The predicted octanol–water partition coefficient (Wildman–Crippen LogP) is 5.42. The first-order valence-corrected chi connectivity index (χ1v) is 11.0. The zero-order chi connectivity index (χ0) is 21.8. The molecule has 0 spiro atoms. The van der Waals surface area contributed by atoms with Crippen LogP contribution >= 0.6 is 0 Å². The summed E-state index contributed by atoms with van der Waals surface area (Å²) in [4.78, 5) is -0.610. The van der Waals surface area contributed by atoms with E-state index in [4.69, 9.17) is 0 Å². The Labute approximate surface area is 180 Å². The van der Waals surface area contributed by atoms with Crippen molar-refractivity contribution in [1.29, 1.82) is 0 Å². The molecule has 4 rings (SSSR count). The molecule has 0 radical (unpaired) electrons. The summed E-state index contributed by atoms with van der Waals surface area (Å²) in [6.45, 7) is 0. The lowest BCUT2D eigenvalue weighted by atomic mass is 10.2. The molecular weight excluding hydrogens is 412 g/mol. The number of rotatable bonds is 6. The highest BCUT2D eigenvalue weighted by atomic mass is 32.2. The molecule has 31 heavy (non-hydrogen) atoms. The molecule has 4 aromatic rings. The SMILES string of the molecule is O=S(=O)(c1cc(Nc2ccccc2)ccc1O)c1cc(Nc2ccccc2)ccc1O. The Bertz CT molecular complexity index is 1210. The molecule has 0 heterocycles. The fourth-order valence-electron chi connectivity index (χ4n) is 3.11. The highest BCUT2D eigenvalue weighted by Crippen LogP contribution is 2.37. The predicted molar refractivity (Wildman–Crippen MR) is 121 cm³/mol. The summed E-state index contributed by atoms with van der Waals surface area (Å²) < 4.78 is 26.6. The minimum atomic E-state index is -4.21. The molecule has 0 unspecified atom stereocenters. The Kier molecular flexibility index (Phi) is 5.51. The largest absolute Gasteiger partial charge is 0.507 e. The zero-order valence-corrected chi connectivity index (χ0v) is 17.2. The normalized spacial score (nSPS) is 11.1. The van der Waals surface area contributed by atoms with Crippen LogP contribution in [-0.2, 0) is 9.84 Å². The molecule has 0 atom stereocenters. The van der Waals surface area contributed by atoms with Crippen LogP contribution in [0.2, 0.25) is 0 Å². The average Bonchev–Trinajstić information content (AvgIpc) is 2.77. The van der Waals surface area contributed by atoms with Crippen LogP contribution in [0, 0.1) is 0 Å². The minimum absolute atomic E-state index is 0.305. The van der Waals surface area contributed by atoms with E-state index in [1.165, 1.54) is 24.3 Å². The monoisotopic (exact) mass is 432 g/mol. The first-order valence-electron chi connectivity index (χ1n) is 9.49. The molecule has 0 saturated carbocycles. The van der Waals surface area contributed by atoms with Gasteiger partial charge in [0.25, 0.3) is 0 Å². The quantitative estimate of drug-likeness (QED) is 0.304. The molecule has 6 nitrogen and oxygen atoms in total. The highest BCUT2D eigenvalue weighted by Gasteiger charge is 2.26. The maximum absolute atomic E-state index is 13.3. The van der Waals surface area contributed by atoms with E-state index in [-0.39, 0.29) is 9.79 Å². The van der Waals surface area contributed by atoms with Crippen LogP contribution in [0.3, 0.4) is 0 Å². The fraction of sp³-hybridized carbons (Fsp3) is 0.